The van der Waals surface area contributed by atoms with E-state index in [2.05, 4.69) is 16.0 Å². The van der Waals surface area contributed by atoms with Gasteiger partial charge in [0.1, 0.15) is 6.04 Å². The fourth-order valence-electron chi connectivity index (χ4n) is 2.22. The van der Waals surface area contributed by atoms with Crippen molar-refractivity contribution in [2.24, 2.45) is 5.92 Å². The van der Waals surface area contributed by atoms with Crippen LogP contribution in [0.25, 0.3) is 0 Å². The van der Waals surface area contributed by atoms with E-state index < -0.39 is 6.04 Å². The van der Waals surface area contributed by atoms with Crippen molar-refractivity contribution in [1.29, 1.82) is 0 Å². The minimum absolute atomic E-state index is 0.0493. The first-order valence-corrected chi connectivity index (χ1v) is 7.81. The lowest BCUT2D eigenvalue weighted by molar-refractivity contribution is -0.124. The van der Waals surface area contributed by atoms with Crippen LogP contribution in [0.4, 0.5) is 0 Å². The van der Waals surface area contributed by atoms with Crippen LogP contribution in [0, 0.1) is 5.92 Å². The topological polar surface area (TPSA) is 70.2 Å². The summed E-state index contributed by atoms with van der Waals surface area (Å²) in [6, 6.07) is 3.26. The molecular weight excluding hydrogens is 274 g/mol. The van der Waals surface area contributed by atoms with Gasteiger partial charge in [-0.05, 0) is 30.3 Å². The summed E-state index contributed by atoms with van der Waals surface area (Å²) in [6.07, 6.45) is 0.940. The largest absolute Gasteiger partial charge is 0.350 e. The summed E-state index contributed by atoms with van der Waals surface area (Å²) in [7, 11) is 0. The maximum atomic E-state index is 12.3. The molecule has 1 aromatic heterocycles. The van der Waals surface area contributed by atoms with Gasteiger partial charge in [0.2, 0.25) is 5.91 Å². The number of carbonyl (C=O) groups excluding carboxylic acids is 2. The zero-order chi connectivity index (χ0) is 14.5. The second kappa shape index (κ2) is 6.85. The molecule has 2 rings (SSSR count). The van der Waals surface area contributed by atoms with Crippen LogP contribution >= 0.6 is 11.3 Å². The SMILES string of the molecule is CC(C)C(NC(=O)c1cccs1)C(=O)NC1CCNC1. The highest BCUT2D eigenvalue weighted by Gasteiger charge is 2.27. The Bertz CT molecular complexity index is 453. The van der Waals surface area contributed by atoms with Gasteiger partial charge in [-0.1, -0.05) is 19.9 Å². The Morgan fingerprint density at radius 1 is 1.45 bits per heavy atom. The molecule has 0 aliphatic carbocycles. The van der Waals surface area contributed by atoms with E-state index in [0.717, 1.165) is 19.5 Å². The highest BCUT2D eigenvalue weighted by molar-refractivity contribution is 7.12. The maximum absolute atomic E-state index is 12.3. The first-order valence-electron chi connectivity index (χ1n) is 6.93. The van der Waals surface area contributed by atoms with Crippen molar-refractivity contribution in [3.05, 3.63) is 22.4 Å². The second-order valence-electron chi connectivity index (χ2n) is 5.37. The minimum Gasteiger partial charge on any atom is -0.350 e. The third kappa shape index (κ3) is 3.80. The standard InChI is InChI=1S/C14H21N3O2S/c1-9(2)12(14(19)16-10-5-6-15-8-10)17-13(18)11-4-3-7-20-11/h3-4,7,9-10,12,15H,5-6,8H2,1-2H3,(H,16,19)(H,17,18). The average molecular weight is 295 g/mol. The maximum Gasteiger partial charge on any atom is 0.262 e. The first-order chi connectivity index (χ1) is 9.58. The smallest absolute Gasteiger partial charge is 0.262 e. The van der Waals surface area contributed by atoms with Crippen LogP contribution in [-0.4, -0.2) is 37.0 Å². The number of nitrogens with one attached hydrogen (secondary N) is 3. The third-order valence-electron chi connectivity index (χ3n) is 3.39. The molecule has 2 heterocycles. The Morgan fingerprint density at radius 2 is 2.25 bits per heavy atom. The average Bonchev–Trinajstić information content (AvgIpc) is 3.07. The summed E-state index contributed by atoms with van der Waals surface area (Å²) in [5.41, 5.74) is 0. The lowest BCUT2D eigenvalue weighted by Crippen LogP contribution is -2.52. The molecular formula is C14H21N3O2S. The van der Waals surface area contributed by atoms with E-state index in [-0.39, 0.29) is 23.8 Å². The van der Waals surface area contributed by atoms with E-state index in [9.17, 15) is 9.59 Å². The molecule has 2 amide bonds. The van der Waals surface area contributed by atoms with Crippen molar-refractivity contribution >= 4 is 23.2 Å². The van der Waals surface area contributed by atoms with Gasteiger partial charge in [0.25, 0.3) is 5.91 Å². The van der Waals surface area contributed by atoms with Gasteiger partial charge in [-0.25, -0.2) is 0 Å². The zero-order valence-electron chi connectivity index (χ0n) is 11.8. The highest BCUT2D eigenvalue weighted by atomic mass is 32.1. The zero-order valence-corrected chi connectivity index (χ0v) is 12.6. The van der Waals surface area contributed by atoms with Gasteiger partial charge in [-0.3, -0.25) is 9.59 Å². The Morgan fingerprint density at radius 3 is 2.80 bits per heavy atom. The molecule has 6 heteroatoms. The predicted octanol–water partition coefficient (Wildman–Crippen LogP) is 0.981. The lowest BCUT2D eigenvalue weighted by atomic mass is 10.0. The molecule has 2 unspecified atom stereocenters. The summed E-state index contributed by atoms with van der Waals surface area (Å²) >= 11 is 1.38. The van der Waals surface area contributed by atoms with Crippen molar-refractivity contribution in [2.75, 3.05) is 13.1 Å². The molecule has 5 nitrogen and oxygen atoms in total. The first kappa shape index (κ1) is 15.0. The Hall–Kier alpha value is -1.40. The molecule has 1 aliphatic rings. The van der Waals surface area contributed by atoms with Crippen LogP contribution in [-0.2, 0) is 4.79 Å². The number of thiophene rings is 1. The monoisotopic (exact) mass is 295 g/mol. The van der Waals surface area contributed by atoms with Crippen LogP contribution in [0.5, 0.6) is 0 Å². The van der Waals surface area contributed by atoms with E-state index in [0.29, 0.717) is 4.88 Å². The van der Waals surface area contributed by atoms with Gasteiger partial charge in [0, 0.05) is 12.6 Å². The van der Waals surface area contributed by atoms with E-state index in [1.807, 2.05) is 25.3 Å². The molecule has 20 heavy (non-hydrogen) atoms. The molecule has 1 aromatic rings. The molecule has 1 fully saturated rings. The summed E-state index contributed by atoms with van der Waals surface area (Å²) in [4.78, 5) is 25.0. The van der Waals surface area contributed by atoms with Crippen molar-refractivity contribution in [2.45, 2.75) is 32.4 Å². The molecule has 0 radical (unpaired) electrons. The highest BCUT2D eigenvalue weighted by Crippen LogP contribution is 2.10. The van der Waals surface area contributed by atoms with E-state index in [1.54, 1.807) is 6.07 Å². The van der Waals surface area contributed by atoms with Crippen LogP contribution in [0.2, 0.25) is 0 Å². The van der Waals surface area contributed by atoms with Gasteiger partial charge in [0.05, 0.1) is 4.88 Å². The normalized spacial score (nSPS) is 19.9. The fraction of sp³-hybridized carbons (Fsp3) is 0.571. The molecule has 1 aliphatic heterocycles. The minimum atomic E-state index is -0.495. The molecule has 0 saturated carbocycles. The van der Waals surface area contributed by atoms with Crippen LogP contribution in [0.1, 0.15) is 29.9 Å². The Labute approximate surface area is 123 Å². The number of carbonyl (C=O) groups is 2. The van der Waals surface area contributed by atoms with Crippen molar-refractivity contribution in [3.8, 4) is 0 Å². The number of hydrogen-bond acceptors (Lipinski definition) is 4. The molecule has 3 N–H and O–H groups in total. The van der Waals surface area contributed by atoms with Crippen molar-refractivity contribution in [1.82, 2.24) is 16.0 Å². The molecule has 110 valence electrons. The summed E-state index contributed by atoms with van der Waals surface area (Å²) in [6.45, 7) is 5.60. The van der Waals surface area contributed by atoms with Crippen LogP contribution in [0.3, 0.4) is 0 Å². The number of amides is 2. The van der Waals surface area contributed by atoms with E-state index in [1.165, 1.54) is 11.3 Å². The van der Waals surface area contributed by atoms with Gasteiger partial charge in [-0.15, -0.1) is 11.3 Å². The molecule has 1 saturated heterocycles. The Balaban J connectivity index is 1.95. The fourth-order valence-corrected chi connectivity index (χ4v) is 2.85. The van der Waals surface area contributed by atoms with Crippen molar-refractivity contribution in [3.63, 3.8) is 0 Å². The van der Waals surface area contributed by atoms with Gasteiger partial charge < -0.3 is 16.0 Å². The van der Waals surface area contributed by atoms with Crippen molar-refractivity contribution < 1.29 is 9.59 Å². The van der Waals surface area contributed by atoms with Gasteiger partial charge >= 0.3 is 0 Å². The summed E-state index contributed by atoms with van der Waals surface area (Å²) < 4.78 is 0. The van der Waals surface area contributed by atoms with Crippen LogP contribution in [0.15, 0.2) is 17.5 Å². The molecule has 2 atom stereocenters. The molecule has 0 spiro atoms. The van der Waals surface area contributed by atoms with E-state index in [4.69, 9.17) is 0 Å². The molecule has 0 aromatic carbocycles. The second-order valence-corrected chi connectivity index (χ2v) is 6.32. The summed E-state index contributed by atoms with van der Waals surface area (Å²) in [5, 5.41) is 10.9. The third-order valence-corrected chi connectivity index (χ3v) is 4.26. The van der Waals surface area contributed by atoms with Gasteiger partial charge in [-0.2, -0.15) is 0 Å². The summed E-state index contributed by atoms with van der Waals surface area (Å²) in [5.74, 6) is -0.231. The predicted molar refractivity (Wildman–Crippen MR) is 79.8 cm³/mol. The Kier molecular flexibility index (Phi) is 5.14. The van der Waals surface area contributed by atoms with E-state index >= 15 is 0 Å². The van der Waals surface area contributed by atoms with Gasteiger partial charge in [0.15, 0.2) is 0 Å². The lowest BCUT2D eigenvalue weighted by Gasteiger charge is -2.23. The molecule has 0 bridgehead atoms. The van der Waals surface area contributed by atoms with Crippen LogP contribution < -0.4 is 16.0 Å². The number of hydrogen-bond donors (Lipinski definition) is 3. The quantitative estimate of drug-likeness (QED) is 0.758. The number of rotatable bonds is 5.